The molecule has 0 aliphatic carbocycles. The summed E-state index contributed by atoms with van der Waals surface area (Å²) in [5, 5.41) is 6.93. The number of anilines is 1. The summed E-state index contributed by atoms with van der Waals surface area (Å²) in [5.74, 6) is 1.51. The van der Waals surface area contributed by atoms with Crippen LogP contribution in [0.3, 0.4) is 0 Å². The SMILES string of the molecule is Cc1cc(NC[C@@H]2CCNC2)nc(Cl)n1. The average Bonchev–Trinajstić information content (AvgIpc) is 2.65. The maximum absolute atomic E-state index is 5.77. The molecule has 0 radical (unpaired) electrons. The fourth-order valence-electron chi connectivity index (χ4n) is 1.76. The largest absolute Gasteiger partial charge is 0.370 e. The lowest BCUT2D eigenvalue weighted by Crippen LogP contribution is -2.17. The predicted octanol–water partition coefficient (Wildman–Crippen LogP) is 1.46. The second-order valence-corrected chi connectivity index (χ2v) is 4.24. The highest BCUT2D eigenvalue weighted by Crippen LogP contribution is 2.12. The number of hydrogen-bond donors (Lipinski definition) is 2. The number of rotatable bonds is 3. The molecule has 1 aliphatic heterocycles. The van der Waals surface area contributed by atoms with E-state index in [4.69, 9.17) is 11.6 Å². The lowest BCUT2D eigenvalue weighted by Gasteiger charge is -2.10. The molecular formula is C10H15ClN4. The molecule has 1 atom stereocenters. The van der Waals surface area contributed by atoms with Gasteiger partial charge in [0.25, 0.3) is 0 Å². The first-order valence-corrected chi connectivity index (χ1v) is 5.57. The van der Waals surface area contributed by atoms with E-state index < -0.39 is 0 Å². The van der Waals surface area contributed by atoms with Crippen molar-refractivity contribution in [2.24, 2.45) is 5.92 Å². The van der Waals surface area contributed by atoms with E-state index in [9.17, 15) is 0 Å². The monoisotopic (exact) mass is 226 g/mol. The van der Waals surface area contributed by atoms with Crippen LogP contribution in [0.2, 0.25) is 5.28 Å². The van der Waals surface area contributed by atoms with Crippen LogP contribution in [-0.2, 0) is 0 Å². The molecule has 2 heterocycles. The Morgan fingerprint density at radius 2 is 2.47 bits per heavy atom. The molecule has 0 saturated carbocycles. The Balaban J connectivity index is 1.92. The standard InChI is InChI=1S/C10H15ClN4/c1-7-4-9(15-10(11)14-7)13-6-8-2-3-12-5-8/h4,8,12H,2-3,5-6H2,1H3,(H,13,14,15)/t8-/m1/s1. The van der Waals surface area contributed by atoms with Gasteiger partial charge >= 0.3 is 0 Å². The van der Waals surface area contributed by atoms with Gasteiger partial charge in [-0.2, -0.15) is 0 Å². The van der Waals surface area contributed by atoms with E-state index in [-0.39, 0.29) is 0 Å². The van der Waals surface area contributed by atoms with Gasteiger partial charge in [-0.1, -0.05) is 0 Å². The maximum atomic E-state index is 5.77. The third-order valence-electron chi connectivity index (χ3n) is 2.56. The molecule has 0 bridgehead atoms. The van der Waals surface area contributed by atoms with Gasteiger partial charge in [0.1, 0.15) is 5.82 Å². The topological polar surface area (TPSA) is 49.8 Å². The Hall–Kier alpha value is -0.870. The summed E-state index contributed by atoms with van der Waals surface area (Å²) in [7, 11) is 0. The molecule has 82 valence electrons. The summed E-state index contributed by atoms with van der Waals surface area (Å²) in [4.78, 5) is 8.13. The maximum Gasteiger partial charge on any atom is 0.224 e. The van der Waals surface area contributed by atoms with Gasteiger partial charge in [0, 0.05) is 18.3 Å². The highest BCUT2D eigenvalue weighted by Gasteiger charge is 2.14. The van der Waals surface area contributed by atoms with Crippen LogP contribution in [0.15, 0.2) is 6.07 Å². The zero-order valence-corrected chi connectivity index (χ0v) is 9.51. The summed E-state index contributed by atoms with van der Waals surface area (Å²) in [5.41, 5.74) is 0.891. The van der Waals surface area contributed by atoms with Crippen LogP contribution in [0.1, 0.15) is 12.1 Å². The number of nitrogens with zero attached hydrogens (tertiary/aromatic N) is 2. The van der Waals surface area contributed by atoms with Crippen LogP contribution in [0, 0.1) is 12.8 Å². The summed E-state index contributed by atoms with van der Waals surface area (Å²) >= 11 is 5.77. The average molecular weight is 227 g/mol. The number of hydrogen-bond acceptors (Lipinski definition) is 4. The van der Waals surface area contributed by atoms with Crippen molar-refractivity contribution in [3.8, 4) is 0 Å². The molecule has 1 aromatic heterocycles. The van der Waals surface area contributed by atoms with Crippen molar-refractivity contribution >= 4 is 17.4 Å². The minimum atomic E-state index is 0.307. The molecule has 4 nitrogen and oxygen atoms in total. The van der Waals surface area contributed by atoms with Gasteiger partial charge in [-0.05, 0) is 44.0 Å². The molecule has 0 spiro atoms. The van der Waals surface area contributed by atoms with Crippen molar-refractivity contribution < 1.29 is 0 Å². The van der Waals surface area contributed by atoms with Gasteiger partial charge in [0.15, 0.2) is 0 Å². The van der Waals surface area contributed by atoms with Crippen LogP contribution in [0.25, 0.3) is 0 Å². The first-order chi connectivity index (χ1) is 7.24. The van der Waals surface area contributed by atoms with Gasteiger partial charge in [-0.15, -0.1) is 0 Å². The van der Waals surface area contributed by atoms with Crippen LogP contribution >= 0.6 is 11.6 Å². The van der Waals surface area contributed by atoms with Crippen LogP contribution < -0.4 is 10.6 Å². The van der Waals surface area contributed by atoms with E-state index in [0.29, 0.717) is 11.2 Å². The Kier molecular flexibility index (Phi) is 3.38. The number of aryl methyl sites for hydroxylation is 1. The number of nitrogens with one attached hydrogen (secondary N) is 2. The van der Waals surface area contributed by atoms with Gasteiger partial charge < -0.3 is 10.6 Å². The first kappa shape index (κ1) is 10.6. The van der Waals surface area contributed by atoms with Crippen molar-refractivity contribution in [2.75, 3.05) is 25.0 Å². The molecule has 15 heavy (non-hydrogen) atoms. The van der Waals surface area contributed by atoms with Crippen molar-refractivity contribution in [3.05, 3.63) is 17.0 Å². The minimum absolute atomic E-state index is 0.307. The van der Waals surface area contributed by atoms with Crippen LogP contribution in [0.4, 0.5) is 5.82 Å². The second kappa shape index (κ2) is 4.77. The van der Waals surface area contributed by atoms with Gasteiger partial charge in [0.2, 0.25) is 5.28 Å². The fourth-order valence-corrected chi connectivity index (χ4v) is 1.98. The van der Waals surface area contributed by atoms with Crippen LogP contribution in [0.5, 0.6) is 0 Å². The fraction of sp³-hybridized carbons (Fsp3) is 0.600. The molecule has 1 aromatic rings. The van der Waals surface area contributed by atoms with E-state index >= 15 is 0 Å². The zero-order valence-electron chi connectivity index (χ0n) is 8.76. The summed E-state index contributed by atoms with van der Waals surface area (Å²) in [6, 6.07) is 1.91. The molecule has 2 rings (SSSR count). The third-order valence-corrected chi connectivity index (χ3v) is 2.73. The number of halogens is 1. The predicted molar refractivity (Wildman–Crippen MR) is 61.2 cm³/mol. The summed E-state index contributed by atoms with van der Waals surface area (Å²) < 4.78 is 0. The van der Waals surface area contributed by atoms with Crippen molar-refractivity contribution in [2.45, 2.75) is 13.3 Å². The Morgan fingerprint density at radius 1 is 1.60 bits per heavy atom. The second-order valence-electron chi connectivity index (χ2n) is 3.90. The molecule has 0 unspecified atom stereocenters. The van der Waals surface area contributed by atoms with Crippen molar-refractivity contribution in [1.29, 1.82) is 0 Å². The molecule has 0 aromatic carbocycles. The number of aromatic nitrogens is 2. The lowest BCUT2D eigenvalue weighted by atomic mass is 10.1. The molecule has 2 N–H and O–H groups in total. The Morgan fingerprint density at radius 3 is 3.13 bits per heavy atom. The van der Waals surface area contributed by atoms with Crippen LogP contribution in [-0.4, -0.2) is 29.6 Å². The highest BCUT2D eigenvalue weighted by molar-refractivity contribution is 6.28. The molecule has 0 amide bonds. The first-order valence-electron chi connectivity index (χ1n) is 5.20. The molecule has 5 heteroatoms. The molecule has 1 aliphatic rings. The van der Waals surface area contributed by atoms with Gasteiger partial charge in [0.05, 0.1) is 0 Å². The van der Waals surface area contributed by atoms with E-state index in [2.05, 4.69) is 20.6 Å². The van der Waals surface area contributed by atoms with E-state index in [0.717, 1.165) is 31.1 Å². The third kappa shape index (κ3) is 3.04. The van der Waals surface area contributed by atoms with E-state index in [1.165, 1.54) is 6.42 Å². The molecule has 1 fully saturated rings. The molecule has 1 saturated heterocycles. The Bertz CT molecular complexity index is 316. The Labute approximate surface area is 94.5 Å². The van der Waals surface area contributed by atoms with Crippen molar-refractivity contribution in [3.63, 3.8) is 0 Å². The normalized spacial score (nSPS) is 20.5. The lowest BCUT2D eigenvalue weighted by molar-refractivity contribution is 0.614. The zero-order chi connectivity index (χ0) is 10.7. The summed E-state index contributed by atoms with van der Waals surface area (Å²) in [6.07, 6.45) is 1.23. The summed E-state index contributed by atoms with van der Waals surface area (Å²) in [6.45, 7) is 5.07. The highest BCUT2D eigenvalue weighted by atomic mass is 35.5. The van der Waals surface area contributed by atoms with Crippen molar-refractivity contribution in [1.82, 2.24) is 15.3 Å². The van der Waals surface area contributed by atoms with Gasteiger partial charge in [-0.25, -0.2) is 9.97 Å². The van der Waals surface area contributed by atoms with E-state index in [1.54, 1.807) is 0 Å². The molecular weight excluding hydrogens is 212 g/mol. The van der Waals surface area contributed by atoms with Gasteiger partial charge in [-0.3, -0.25) is 0 Å². The smallest absolute Gasteiger partial charge is 0.224 e. The van der Waals surface area contributed by atoms with E-state index in [1.807, 2.05) is 13.0 Å². The quantitative estimate of drug-likeness (QED) is 0.767. The minimum Gasteiger partial charge on any atom is -0.370 e.